The fourth-order valence-electron chi connectivity index (χ4n) is 12.8. The Balaban J connectivity index is 0.946. The third kappa shape index (κ3) is 6.87. The highest BCUT2D eigenvalue weighted by Gasteiger charge is 2.21. The van der Waals surface area contributed by atoms with Crippen molar-refractivity contribution in [2.75, 3.05) is 9.80 Å². The highest BCUT2D eigenvalue weighted by atomic mass is 15.1. The van der Waals surface area contributed by atoms with Gasteiger partial charge in [-0.15, -0.1) is 0 Å². The fourth-order valence-corrected chi connectivity index (χ4v) is 12.8. The van der Waals surface area contributed by atoms with E-state index >= 15 is 0 Å². The number of benzene rings is 15. The minimum absolute atomic E-state index is 1.12. The van der Waals surface area contributed by atoms with Crippen LogP contribution in [-0.4, -0.2) is 0 Å². The summed E-state index contributed by atoms with van der Waals surface area (Å²) in [6.07, 6.45) is 0. The normalized spacial score (nSPS) is 11.9. The van der Waals surface area contributed by atoms with Gasteiger partial charge in [0.2, 0.25) is 0 Å². The fraction of sp³-hybridized carbons (Fsp3) is 0.0541. The number of fused-ring (bicyclic) bond motifs is 16. The van der Waals surface area contributed by atoms with E-state index in [0.29, 0.717) is 0 Å². The highest BCUT2D eigenvalue weighted by molar-refractivity contribution is 6.33. The van der Waals surface area contributed by atoms with Crippen molar-refractivity contribution in [1.82, 2.24) is 0 Å². The molecule has 0 N–H and O–H groups in total. The van der Waals surface area contributed by atoms with Crippen molar-refractivity contribution < 1.29 is 0 Å². The maximum absolute atomic E-state index is 2.49. The zero-order valence-corrected chi connectivity index (χ0v) is 43.0. The van der Waals surface area contributed by atoms with Crippen molar-refractivity contribution in [2.45, 2.75) is 27.7 Å². The number of aryl methyl sites for hydroxylation is 4. The highest BCUT2D eigenvalue weighted by Crippen LogP contribution is 2.47. The Morgan fingerprint density at radius 3 is 0.671 bits per heavy atom. The van der Waals surface area contributed by atoms with Gasteiger partial charge in [-0.05, 0) is 243 Å². The van der Waals surface area contributed by atoms with Crippen LogP contribution >= 0.6 is 0 Å². The van der Waals surface area contributed by atoms with Gasteiger partial charge in [0.25, 0.3) is 0 Å². The molecule has 0 atom stereocenters. The lowest BCUT2D eigenvalue weighted by atomic mass is 9.88. The summed E-state index contributed by atoms with van der Waals surface area (Å²) in [4.78, 5) is 4.89. The molecule has 0 aliphatic rings. The van der Waals surface area contributed by atoms with E-state index in [2.05, 4.69) is 280 Å². The van der Waals surface area contributed by atoms with Crippen molar-refractivity contribution in [2.24, 2.45) is 0 Å². The predicted molar refractivity (Wildman–Crippen MR) is 330 cm³/mol. The second kappa shape index (κ2) is 17.0. The van der Waals surface area contributed by atoms with Crippen LogP contribution in [0.25, 0.3) is 108 Å². The lowest BCUT2D eigenvalue weighted by Crippen LogP contribution is -2.10. The molecule has 0 fully saturated rings. The number of nitrogens with zero attached hydrogens (tertiary/aromatic N) is 2. The Labute approximate surface area is 441 Å². The van der Waals surface area contributed by atoms with Crippen molar-refractivity contribution in [3.8, 4) is 0 Å². The molecule has 15 aromatic rings. The maximum atomic E-state index is 2.49. The first-order valence-corrected chi connectivity index (χ1v) is 26.6. The summed E-state index contributed by atoms with van der Waals surface area (Å²) >= 11 is 0. The van der Waals surface area contributed by atoms with E-state index in [4.69, 9.17) is 0 Å². The molecule has 0 spiro atoms. The van der Waals surface area contributed by atoms with Crippen LogP contribution in [0.1, 0.15) is 22.3 Å². The van der Waals surface area contributed by atoms with Crippen LogP contribution in [0.15, 0.2) is 243 Å². The van der Waals surface area contributed by atoms with Gasteiger partial charge in [0, 0.05) is 34.1 Å². The summed E-state index contributed by atoms with van der Waals surface area (Å²) in [7, 11) is 0. The zero-order chi connectivity index (χ0) is 50.8. The summed E-state index contributed by atoms with van der Waals surface area (Å²) in [5.41, 5.74) is 11.9. The summed E-state index contributed by atoms with van der Waals surface area (Å²) in [5.74, 6) is 0. The van der Waals surface area contributed by atoms with Crippen LogP contribution in [-0.2, 0) is 0 Å². The summed E-state index contributed by atoms with van der Waals surface area (Å²) in [6.45, 7) is 8.80. The smallest absolute Gasteiger partial charge is 0.0468 e. The molecule has 2 heteroatoms. The van der Waals surface area contributed by atoms with E-state index in [1.54, 1.807) is 0 Å². The largest absolute Gasteiger partial charge is 0.310 e. The maximum Gasteiger partial charge on any atom is 0.0468 e. The van der Waals surface area contributed by atoms with Crippen LogP contribution in [0, 0.1) is 27.7 Å². The van der Waals surface area contributed by atoms with Gasteiger partial charge >= 0.3 is 0 Å². The molecule has 0 aliphatic heterocycles. The SMILES string of the molecule is Cc1cccc2cc(N(c3ccc4c(C)cccc4c3)c3ccc4c(c3)c3ccccc3c3cc5c6ccc(N(c7ccc8c(C)cccc8c7)c7ccc8c(C)cccc8c7)cc6c6ccccc6c5cc43)ccc12. The third-order valence-corrected chi connectivity index (χ3v) is 16.6. The predicted octanol–water partition coefficient (Wildman–Crippen LogP) is 21.4. The summed E-state index contributed by atoms with van der Waals surface area (Å²) in [6, 6.07) is 91.4. The van der Waals surface area contributed by atoms with Crippen LogP contribution in [0.2, 0.25) is 0 Å². The van der Waals surface area contributed by atoms with Crippen molar-refractivity contribution >= 4 is 142 Å². The topological polar surface area (TPSA) is 6.48 Å². The minimum atomic E-state index is 1.12. The van der Waals surface area contributed by atoms with E-state index in [-0.39, 0.29) is 0 Å². The molecular weight excluding hydrogens is 917 g/mol. The van der Waals surface area contributed by atoms with Crippen LogP contribution in [0.5, 0.6) is 0 Å². The van der Waals surface area contributed by atoms with Crippen molar-refractivity contribution in [3.05, 3.63) is 265 Å². The Morgan fingerprint density at radius 2 is 0.395 bits per heavy atom. The van der Waals surface area contributed by atoms with Gasteiger partial charge in [-0.25, -0.2) is 0 Å². The third-order valence-electron chi connectivity index (χ3n) is 16.6. The Kier molecular flexibility index (Phi) is 9.86. The molecular formula is C74H52N2. The molecule has 0 amide bonds. The molecule has 76 heavy (non-hydrogen) atoms. The van der Waals surface area contributed by atoms with Gasteiger partial charge in [0.15, 0.2) is 0 Å². The molecule has 2 nitrogen and oxygen atoms in total. The number of anilines is 6. The molecule has 0 saturated heterocycles. The second-order valence-corrected chi connectivity index (χ2v) is 21.1. The van der Waals surface area contributed by atoms with E-state index in [0.717, 1.165) is 34.1 Å². The second-order valence-electron chi connectivity index (χ2n) is 21.1. The van der Waals surface area contributed by atoms with Crippen molar-refractivity contribution in [3.63, 3.8) is 0 Å². The molecule has 15 aromatic carbocycles. The molecule has 358 valence electrons. The Morgan fingerprint density at radius 1 is 0.171 bits per heavy atom. The van der Waals surface area contributed by atoms with Crippen LogP contribution < -0.4 is 9.80 Å². The van der Waals surface area contributed by atoms with E-state index < -0.39 is 0 Å². The summed E-state index contributed by atoms with van der Waals surface area (Å²) in [5, 5.41) is 25.0. The van der Waals surface area contributed by atoms with E-state index in [1.165, 1.54) is 130 Å². The molecule has 15 rings (SSSR count). The van der Waals surface area contributed by atoms with Crippen LogP contribution in [0.3, 0.4) is 0 Å². The number of rotatable bonds is 6. The first-order valence-electron chi connectivity index (χ1n) is 26.6. The first kappa shape index (κ1) is 44.0. The van der Waals surface area contributed by atoms with E-state index in [1.807, 2.05) is 0 Å². The van der Waals surface area contributed by atoms with Gasteiger partial charge in [-0.2, -0.15) is 0 Å². The van der Waals surface area contributed by atoms with Crippen molar-refractivity contribution in [1.29, 1.82) is 0 Å². The quantitative estimate of drug-likeness (QED) is 0.121. The standard InChI is InChI=1S/C74H52N2/c1-45-13-9-17-49-37-53(25-31-59(45)49)75(54-26-32-60-46(2)14-10-18-50(60)38-54)57-29-35-67-69(41-57)63-21-5-7-23-65(63)71-44-74-68-36-30-58(42-70(68)64-22-6-8-24-66(64)72(74)43-73(67)71)76(55-27-33-61-47(3)15-11-19-51(61)39-55)56-28-34-62-48(4)16-12-20-52(62)40-56/h5-44H,1-4H3. The average molecular weight is 969 g/mol. The number of hydrogen-bond acceptors (Lipinski definition) is 2. The van der Waals surface area contributed by atoms with Crippen LogP contribution in [0.4, 0.5) is 34.1 Å². The van der Waals surface area contributed by atoms with Gasteiger partial charge in [0.1, 0.15) is 0 Å². The molecule has 0 aliphatic carbocycles. The molecule has 0 heterocycles. The first-order chi connectivity index (χ1) is 37.3. The lowest BCUT2D eigenvalue weighted by molar-refractivity contribution is 1.30. The molecule has 0 bridgehead atoms. The van der Waals surface area contributed by atoms with Gasteiger partial charge < -0.3 is 9.80 Å². The molecule has 0 unspecified atom stereocenters. The molecule has 0 saturated carbocycles. The molecule has 0 radical (unpaired) electrons. The van der Waals surface area contributed by atoms with Gasteiger partial charge in [-0.3, -0.25) is 0 Å². The molecule has 0 aromatic heterocycles. The lowest BCUT2D eigenvalue weighted by Gasteiger charge is -2.27. The average Bonchev–Trinajstić information content (AvgIpc) is 3.56. The number of hydrogen-bond donors (Lipinski definition) is 0. The Bertz CT molecular complexity index is 4460. The Hall–Kier alpha value is -9.50. The summed E-state index contributed by atoms with van der Waals surface area (Å²) < 4.78 is 0. The van der Waals surface area contributed by atoms with Gasteiger partial charge in [0.05, 0.1) is 0 Å². The van der Waals surface area contributed by atoms with Gasteiger partial charge in [-0.1, -0.05) is 158 Å². The van der Waals surface area contributed by atoms with E-state index in [9.17, 15) is 0 Å². The zero-order valence-electron chi connectivity index (χ0n) is 43.0. The monoisotopic (exact) mass is 968 g/mol. The minimum Gasteiger partial charge on any atom is -0.310 e.